The number of nitrogens with two attached hydrogens (primary N) is 1. The van der Waals surface area contributed by atoms with Crippen LogP contribution < -0.4 is 5.73 Å². The molecule has 0 spiro atoms. The van der Waals surface area contributed by atoms with Gasteiger partial charge in [0.25, 0.3) is 0 Å². The van der Waals surface area contributed by atoms with E-state index in [9.17, 15) is 10.2 Å². The van der Waals surface area contributed by atoms with E-state index in [0.717, 1.165) is 11.1 Å². The number of aryl methyl sites for hydroxylation is 1. The average Bonchev–Trinajstić information content (AvgIpc) is 2.09. The molecule has 0 amide bonds. The van der Waals surface area contributed by atoms with Crippen LogP contribution in [0.1, 0.15) is 25.0 Å². The lowest BCUT2D eigenvalue weighted by Crippen LogP contribution is -2.17. The summed E-state index contributed by atoms with van der Waals surface area (Å²) in [4.78, 5) is 0. The fraction of sp³-hybridized carbons (Fsp3) is 0.455. The smallest absolute Gasteiger partial charge is 0.122 e. The van der Waals surface area contributed by atoms with Crippen LogP contribution in [0, 0.1) is 0 Å². The summed E-state index contributed by atoms with van der Waals surface area (Å²) in [5.74, 6) is 0.456. The van der Waals surface area contributed by atoms with Crippen molar-refractivity contribution in [3.05, 3.63) is 23.3 Å². The molecule has 1 unspecified atom stereocenters. The molecule has 0 aliphatic heterocycles. The van der Waals surface area contributed by atoms with Crippen molar-refractivity contribution in [3.63, 3.8) is 0 Å². The average molecular weight is 195 g/mol. The van der Waals surface area contributed by atoms with Crippen molar-refractivity contribution in [2.24, 2.45) is 5.73 Å². The normalized spacial score (nSPS) is 12.8. The Bertz CT molecular complexity index is 321. The molecule has 0 saturated heterocycles. The zero-order valence-electron chi connectivity index (χ0n) is 8.62. The number of phenols is 2. The first-order valence-corrected chi connectivity index (χ1v) is 4.84. The quantitative estimate of drug-likeness (QED) is 0.641. The molecule has 0 aliphatic rings. The zero-order valence-corrected chi connectivity index (χ0v) is 8.62. The molecule has 0 heterocycles. The Morgan fingerprint density at radius 2 is 1.86 bits per heavy atom. The van der Waals surface area contributed by atoms with Crippen LogP contribution in [-0.2, 0) is 12.8 Å². The summed E-state index contributed by atoms with van der Waals surface area (Å²) in [5, 5.41) is 19.2. The van der Waals surface area contributed by atoms with Gasteiger partial charge in [-0.15, -0.1) is 0 Å². The SMILES string of the molecule is CCc1cc(O)cc(CC(C)N)c1O. The first-order valence-electron chi connectivity index (χ1n) is 4.84. The van der Waals surface area contributed by atoms with E-state index in [-0.39, 0.29) is 17.5 Å². The van der Waals surface area contributed by atoms with Crippen molar-refractivity contribution < 1.29 is 10.2 Å². The Kier molecular flexibility index (Phi) is 3.36. The minimum Gasteiger partial charge on any atom is -0.508 e. The molecular weight excluding hydrogens is 178 g/mol. The highest BCUT2D eigenvalue weighted by molar-refractivity contribution is 5.46. The Balaban J connectivity index is 3.08. The van der Waals surface area contributed by atoms with Crippen molar-refractivity contribution in [3.8, 4) is 11.5 Å². The number of aromatic hydroxyl groups is 2. The van der Waals surface area contributed by atoms with Gasteiger partial charge in [0, 0.05) is 6.04 Å². The highest BCUT2D eigenvalue weighted by atomic mass is 16.3. The molecule has 1 aromatic carbocycles. The van der Waals surface area contributed by atoms with Crippen LogP contribution in [0.15, 0.2) is 12.1 Å². The Morgan fingerprint density at radius 1 is 1.29 bits per heavy atom. The molecule has 0 saturated carbocycles. The van der Waals surface area contributed by atoms with Crippen LogP contribution in [0.3, 0.4) is 0 Å². The van der Waals surface area contributed by atoms with Gasteiger partial charge in [0.2, 0.25) is 0 Å². The zero-order chi connectivity index (χ0) is 10.7. The molecule has 1 atom stereocenters. The van der Waals surface area contributed by atoms with Crippen molar-refractivity contribution in [1.82, 2.24) is 0 Å². The molecule has 1 aromatic rings. The van der Waals surface area contributed by atoms with E-state index in [1.54, 1.807) is 12.1 Å². The van der Waals surface area contributed by atoms with Crippen molar-refractivity contribution in [1.29, 1.82) is 0 Å². The predicted molar refractivity (Wildman–Crippen MR) is 56.5 cm³/mol. The predicted octanol–water partition coefficient (Wildman–Crippen LogP) is 1.55. The number of rotatable bonds is 3. The van der Waals surface area contributed by atoms with Gasteiger partial charge in [-0.2, -0.15) is 0 Å². The van der Waals surface area contributed by atoms with Gasteiger partial charge < -0.3 is 15.9 Å². The molecule has 3 nitrogen and oxygen atoms in total. The molecule has 0 radical (unpaired) electrons. The van der Waals surface area contributed by atoms with Crippen molar-refractivity contribution in [2.75, 3.05) is 0 Å². The van der Waals surface area contributed by atoms with Crippen LogP contribution >= 0.6 is 0 Å². The summed E-state index contributed by atoms with van der Waals surface area (Å²) in [6.45, 7) is 3.80. The maximum Gasteiger partial charge on any atom is 0.122 e. The van der Waals surface area contributed by atoms with Crippen molar-refractivity contribution in [2.45, 2.75) is 32.7 Å². The van der Waals surface area contributed by atoms with Gasteiger partial charge in [-0.1, -0.05) is 6.92 Å². The molecule has 1 rings (SSSR count). The van der Waals surface area contributed by atoms with Gasteiger partial charge in [-0.05, 0) is 43.0 Å². The van der Waals surface area contributed by atoms with E-state index < -0.39 is 0 Å². The lowest BCUT2D eigenvalue weighted by Gasteiger charge is -2.11. The van der Waals surface area contributed by atoms with E-state index in [2.05, 4.69) is 0 Å². The summed E-state index contributed by atoms with van der Waals surface area (Å²) in [7, 11) is 0. The highest BCUT2D eigenvalue weighted by Gasteiger charge is 2.09. The second-order valence-electron chi connectivity index (χ2n) is 3.65. The van der Waals surface area contributed by atoms with E-state index in [1.807, 2.05) is 13.8 Å². The first-order chi connectivity index (χ1) is 6.54. The standard InChI is InChI=1S/C11H17NO2/c1-3-8-5-10(13)6-9(11(8)14)4-7(2)12/h5-7,13-14H,3-4,12H2,1-2H3. The number of phenolic OH excluding ortho intramolecular Hbond substituents is 2. The van der Waals surface area contributed by atoms with Crippen LogP contribution in [0.25, 0.3) is 0 Å². The number of hydrogen-bond acceptors (Lipinski definition) is 3. The van der Waals surface area contributed by atoms with Crippen LogP contribution in [0.5, 0.6) is 11.5 Å². The van der Waals surface area contributed by atoms with Gasteiger partial charge in [0.15, 0.2) is 0 Å². The van der Waals surface area contributed by atoms with Gasteiger partial charge >= 0.3 is 0 Å². The molecule has 78 valence electrons. The van der Waals surface area contributed by atoms with Crippen LogP contribution in [0.2, 0.25) is 0 Å². The largest absolute Gasteiger partial charge is 0.508 e. The molecular formula is C11H17NO2. The summed E-state index contributed by atoms with van der Waals surface area (Å²) in [5.41, 5.74) is 7.13. The molecule has 0 bridgehead atoms. The molecule has 0 fully saturated rings. The van der Waals surface area contributed by atoms with Crippen LogP contribution in [-0.4, -0.2) is 16.3 Å². The lowest BCUT2D eigenvalue weighted by atomic mass is 10.0. The fourth-order valence-electron chi connectivity index (χ4n) is 1.51. The summed E-state index contributed by atoms with van der Waals surface area (Å²) >= 11 is 0. The number of hydrogen-bond donors (Lipinski definition) is 3. The van der Waals surface area contributed by atoms with Gasteiger partial charge in [0.1, 0.15) is 11.5 Å². The Labute approximate surface area is 84.2 Å². The summed E-state index contributed by atoms with van der Waals surface area (Å²) in [6, 6.07) is 3.13. The van der Waals surface area contributed by atoms with E-state index >= 15 is 0 Å². The molecule has 4 N–H and O–H groups in total. The molecule has 14 heavy (non-hydrogen) atoms. The van der Waals surface area contributed by atoms with E-state index in [1.165, 1.54) is 0 Å². The maximum absolute atomic E-state index is 9.80. The minimum absolute atomic E-state index is 0.0209. The highest BCUT2D eigenvalue weighted by Crippen LogP contribution is 2.28. The first kappa shape index (κ1) is 10.9. The van der Waals surface area contributed by atoms with Gasteiger partial charge in [-0.3, -0.25) is 0 Å². The third kappa shape index (κ3) is 2.39. The topological polar surface area (TPSA) is 66.5 Å². The van der Waals surface area contributed by atoms with Gasteiger partial charge in [-0.25, -0.2) is 0 Å². The fourth-order valence-corrected chi connectivity index (χ4v) is 1.51. The molecule has 0 aliphatic carbocycles. The maximum atomic E-state index is 9.80. The molecule has 3 heteroatoms. The Morgan fingerprint density at radius 3 is 2.36 bits per heavy atom. The Hall–Kier alpha value is -1.22. The summed E-state index contributed by atoms with van der Waals surface area (Å²) < 4.78 is 0. The lowest BCUT2D eigenvalue weighted by molar-refractivity contribution is 0.446. The van der Waals surface area contributed by atoms with E-state index in [4.69, 9.17) is 5.73 Å². The second kappa shape index (κ2) is 4.33. The van der Waals surface area contributed by atoms with Crippen LogP contribution in [0.4, 0.5) is 0 Å². The summed E-state index contributed by atoms with van der Waals surface area (Å²) in [6.07, 6.45) is 1.28. The molecule has 0 aromatic heterocycles. The van der Waals surface area contributed by atoms with Crippen molar-refractivity contribution >= 4 is 0 Å². The monoisotopic (exact) mass is 195 g/mol. The minimum atomic E-state index is -0.0209. The van der Waals surface area contributed by atoms with E-state index in [0.29, 0.717) is 12.8 Å². The third-order valence-electron chi connectivity index (χ3n) is 2.18. The second-order valence-corrected chi connectivity index (χ2v) is 3.65. The number of benzene rings is 1. The van der Waals surface area contributed by atoms with Gasteiger partial charge in [0.05, 0.1) is 0 Å². The third-order valence-corrected chi connectivity index (χ3v) is 2.18.